The summed E-state index contributed by atoms with van der Waals surface area (Å²) in [5.74, 6) is 0.212. The van der Waals surface area contributed by atoms with E-state index in [0.29, 0.717) is 24.8 Å². The van der Waals surface area contributed by atoms with Gasteiger partial charge >= 0.3 is 0 Å². The van der Waals surface area contributed by atoms with Gasteiger partial charge in [0.05, 0.1) is 18.8 Å². The maximum Gasteiger partial charge on any atom is 0.236 e. The van der Waals surface area contributed by atoms with Crippen molar-refractivity contribution in [1.82, 2.24) is 10.2 Å². The van der Waals surface area contributed by atoms with Crippen LogP contribution in [-0.4, -0.2) is 48.7 Å². The van der Waals surface area contributed by atoms with Crippen molar-refractivity contribution in [3.63, 3.8) is 0 Å². The maximum atomic E-state index is 11.8. The second-order valence-corrected chi connectivity index (χ2v) is 4.79. The Hall–Kier alpha value is -0.610. The highest BCUT2D eigenvalue weighted by molar-refractivity contribution is 5.78. The average molecular weight is 212 g/mol. The molecule has 0 aromatic carbocycles. The highest BCUT2D eigenvalue weighted by Crippen LogP contribution is 2.25. The average Bonchev–Trinajstić information content (AvgIpc) is 2.54. The highest BCUT2D eigenvalue weighted by atomic mass is 16.5. The van der Waals surface area contributed by atoms with Crippen LogP contribution in [0.1, 0.15) is 26.7 Å². The van der Waals surface area contributed by atoms with Crippen molar-refractivity contribution in [3.8, 4) is 0 Å². The molecule has 0 saturated carbocycles. The first-order valence-corrected chi connectivity index (χ1v) is 5.82. The number of morpholine rings is 1. The molecule has 4 heteroatoms. The fraction of sp³-hybridized carbons (Fsp3) is 0.909. The molecular formula is C11H20N2O2. The van der Waals surface area contributed by atoms with Gasteiger partial charge in [0, 0.05) is 19.1 Å². The molecule has 4 nitrogen and oxygen atoms in total. The fourth-order valence-electron chi connectivity index (χ4n) is 2.22. The number of amides is 1. The Labute approximate surface area is 91.0 Å². The summed E-state index contributed by atoms with van der Waals surface area (Å²) < 4.78 is 5.69. The monoisotopic (exact) mass is 212 g/mol. The Morgan fingerprint density at radius 3 is 2.53 bits per heavy atom. The summed E-state index contributed by atoms with van der Waals surface area (Å²) in [5, 5.41) is 3.16. The Morgan fingerprint density at radius 1 is 1.40 bits per heavy atom. The largest absolute Gasteiger partial charge is 0.371 e. The van der Waals surface area contributed by atoms with Gasteiger partial charge in [-0.1, -0.05) is 13.8 Å². The van der Waals surface area contributed by atoms with Crippen LogP contribution in [0.25, 0.3) is 0 Å². The smallest absolute Gasteiger partial charge is 0.236 e. The lowest BCUT2D eigenvalue weighted by Gasteiger charge is -2.32. The van der Waals surface area contributed by atoms with Gasteiger partial charge in [-0.2, -0.15) is 0 Å². The summed E-state index contributed by atoms with van der Waals surface area (Å²) in [6.45, 7) is 6.13. The number of ether oxygens (including phenoxy) is 1. The summed E-state index contributed by atoms with van der Waals surface area (Å²) in [6, 6.07) is 0.367. The molecule has 0 aliphatic carbocycles. The molecule has 1 amide bonds. The van der Waals surface area contributed by atoms with Gasteiger partial charge in [-0.3, -0.25) is 4.79 Å². The van der Waals surface area contributed by atoms with Crippen LogP contribution >= 0.6 is 0 Å². The SMILES string of the molecule is CC(C)NCC(=O)N1CC2CCC(C1)O2. The van der Waals surface area contributed by atoms with E-state index in [4.69, 9.17) is 4.74 Å². The zero-order valence-corrected chi connectivity index (χ0v) is 9.53. The van der Waals surface area contributed by atoms with Crippen LogP contribution < -0.4 is 5.32 Å². The van der Waals surface area contributed by atoms with Crippen molar-refractivity contribution in [1.29, 1.82) is 0 Å². The van der Waals surface area contributed by atoms with Gasteiger partial charge in [-0.25, -0.2) is 0 Å². The number of nitrogens with one attached hydrogen (secondary N) is 1. The minimum absolute atomic E-state index is 0.212. The minimum Gasteiger partial charge on any atom is -0.371 e. The van der Waals surface area contributed by atoms with E-state index in [0.717, 1.165) is 25.9 Å². The standard InChI is InChI=1S/C11H20N2O2/c1-8(2)12-5-11(14)13-6-9-3-4-10(7-13)15-9/h8-10,12H,3-7H2,1-2H3. The number of rotatable bonds is 3. The normalized spacial score (nSPS) is 29.9. The number of likely N-dealkylation sites (tertiary alicyclic amines) is 1. The molecule has 2 atom stereocenters. The summed E-state index contributed by atoms with van der Waals surface area (Å²) in [5.41, 5.74) is 0. The summed E-state index contributed by atoms with van der Waals surface area (Å²) in [6.07, 6.45) is 2.83. The molecule has 2 aliphatic heterocycles. The van der Waals surface area contributed by atoms with E-state index in [1.54, 1.807) is 0 Å². The van der Waals surface area contributed by atoms with Crippen LogP contribution in [-0.2, 0) is 9.53 Å². The zero-order chi connectivity index (χ0) is 10.8. The number of nitrogens with zero attached hydrogens (tertiary/aromatic N) is 1. The van der Waals surface area contributed by atoms with E-state index >= 15 is 0 Å². The van der Waals surface area contributed by atoms with Gasteiger partial charge in [0.15, 0.2) is 0 Å². The molecule has 2 saturated heterocycles. The molecule has 0 aromatic heterocycles. The molecule has 0 spiro atoms. The van der Waals surface area contributed by atoms with E-state index in [1.165, 1.54) is 0 Å². The molecule has 0 aromatic rings. The molecule has 2 unspecified atom stereocenters. The molecular weight excluding hydrogens is 192 g/mol. The molecule has 2 rings (SSSR count). The third-order valence-electron chi connectivity index (χ3n) is 3.06. The van der Waals surface area contributed by atoms with Crippen molar-refractivity contribution >= 4 is 5.91 Å². The van der Waals surface area contributed by atoms with Crippen LogP contribution in [0, 0.1) is 0 Å². The molecule has 2 aliphatic rings. The van der Waals surface area contributed by atoms with E-state index in [1.807, 2.05) is 4.90 Å². The van der Waals surface area contributed by atoms with Gasteiger partial charge in [0.25, 0.3) is 0 Å². The number of carbonyl (C=O) groups is 1. The summed E-state index contributed by atoms with van der Waals surface area (Å²) >= 11 is 0. The lowest BCUT2D eigenvalue weighted by Crippen LogP contribution is -2.49. The first kappa shape index (κ1) is 10.9. The second-order valence-electron chi connectivity index (χ2n) is 4.79. The van der Waals surface area contributed by atoms with Gasteiger partial charge in [-0.15, -0.1) is 0 Å². The molecule has 0 radical (unpaired) electrons. The lowest BCUT2D eigenvalue weighted by atomic mass is 10.2. The molecule has 86 valence electrons. The molecule has 1 N–H and O–H groups in total. The summed E-state index contributed by atoms with van der Waals surface area (Å²) in [4.78, 5) is 13.8. The second kappa shape index (κ2) is 4.49. The molecule has 15 heavy (non-hydrogen) atoms. The van der Waals surface area contributed by atoms with Crippen LogP contribution in [0.2, 0.25) is 0 Å². The number of hydrogen-bond acceptors (Lipinski definition) is 3. The van der Waals surface area contributed by atoms with E-state index < -0.39 is 0 Å². The fourth-order valence-corrected chi connectivity index (χ4v) is 2.22. The first-order chi connectivity index (χ1) is 7.15. The Morgan fingerprint density at radius 2 is 2.00 bits per heavy atom. The molecule has 2 fully saturated rings. The highest BCUT2D eigenvalue weighted by Gasteiger charge is 2.35. The van der Waals surface area contributed by atoms with E-state index in [-0.39, 0.29) is 5.91 Å². The lowest BCUT2D eigenvalue weighted by molar-refractivity contribution is -0.138. The number of hydrogen-bond donors (Lipinski definition) is 1. The topological polar surface area (TPSA) is 41.6 Å². The first-order valence-electron chi connectivity index (χ1n) is 5.82. The third kappa shape index (κ3) is 2.69. The van der Waals surface area contributed by atoms with Gasteiger partial charge in [0.1, 0.15) is 0 Å². The number of fused-ring (bicyclic) bond motifs is 2. The van der Waals surface area contributed by atoms with Crippen LogP contribution in [0.15, 0.2) is 0 Å². The predicted molar refractivity (Wildman–Crippen MR) is 57.6 cm³/mol. The van der Waals surface area contributed by atoms with Gasteiger partial charge < -0.3 is 15.0 Å². The van der Waals surface area contributed by atoms with Crippen molar-refractivity contribution < 1.29 is 9.53 Å². The Kier molecular flexibility index (Phi) is 3.26. The molecule has 2 bridgehead atoms. The minimum atomic E-state index is 0.212. The van der Waals surface area contributed by atoms with Crippen LogP contribution in [0.3, 0.4) is 0 Å². The quantitative estimate of drug-likeness (QED) is 0.735. The van der Waals surface area contributed by atoms with Gasteiger partial charge in [-0.05, 0) is 12.8 Å². The Balaban J connectivity index is 1.81. The van der Waals surface area contributed by atoms with Crippen molar-refractivity contribution in [2.45, 2.75) is 44.9 Å². The van der Waals surface area contributed by atoms with Crippen LogP contribution in [0.5, 0.6) is 0 Å². The van der Waals surface area contributed by atoms with Crippen molar-refractivity contribution in [3.05, 3.63) is 0 Å². The van der Waals surface area contributed by atoms with Crippen molar-refractivity contribution in [2.24, 2.45) is 0 Å². The zero-order valence-electron chi connectivity index (χ0n) is 9.53. The van der Waals surface area contributed by atoms with Gasteiger partial charge in [0.2, 0.25) is 5.91 Å². The summed E-state index contributed by atoms with van der Waals surface area (Å²) in [7, 11) is 0. The Bertz CT molecular complexity index is 231. The van der Waals surface area contributed by atoms with E-state index in [9.17, 15) is 4.79 Å². The van der Waals surface area contributed by atoms with Crippen molar-refractivity contribution in [2.75, 3.05) is 19.6 Å². The number of carbonyl (C=O) groups excluding carboxylic acids is 1. The molecule has 2 heterocycles. The maximum absolute atomic E-state index is 11.8. The van der Waals surface area contributed by atoms with Crippen LogP contribution in [0.4, 0.5) is 0 Å². The predicted octanol–water partition coefficient (Wildman–Crippen LogP) is 0.374. The third-order valence-corrected chi connectivity index (χ3v) is 3.06. The van der Waals surface area contributed by atoms with E-state index in [2.05, 4.69) is 19.2 Å².